The van der Waals surface area contributed by atoms with Crippen LogP contribution in [0.2, 0.25) is 0 Å². The second kappa shape index (κ2) is 8.28. The molecule has 8 heteroatoms. The summed E-state index contributed by atoms with van der Waals surface area (Å²) in [6.45, 7) is 6.09. The minimum absolute atomic E-state index is 0.114. The molecule has 0 aliphatic carbocycles. The highest BCUT2D eigenvalue weighted by molar-refractivity contribution is 7.18. The molecule has 4 rings (SSSR count). The molecule has 3 aromatic rings. The van der Waals surface area contributed by atoms with Gasteiger partial charge in [0.15, 0.2) is 11.5 Å². The van der Waals surface area contributed by atoms with Crippen molar-refractivity contribution in [1.82, 2.24) is 15.0 Å². The lowest BCUT2D eigenvalue weighted by Gasteiger charge is -2.22. The molecule has 0 radical (unpaired) electrons. The largest absolute Gasteiger partial charge is 0.485 e. The van der Waals surface area contributed by atoms with Crippen LogP contribution in [0.25, 0.3) is 10.2 Å². The maximum absolute atomic E-state index is 12.7. The number of carbonyl (C=O) groups excluding carboxylic acids is 1. The second-order valence-corrected chi connectivity index (χ2v) is 8.04. The molecule has 3 heterocycles. The molecule has 1 aliphatic heterocycles. The first-order valence-electron chi connectivity index (χ1n) is 9.49. The molecule has 28 heavy (non-hydrogen) atoms. The van der Waals surface area contributed by atoms with Crippen LogP contribution in [-0.4, -0.2) is 46.7 Å². The van der Waals surface area contributed by atoms with Gasteiger partial charge in [-0.1, -0.05) is 5.16 Å². The highest BCUT2D eigenvalue weighted by Gasteiger charge is 2.24. The molecule has 1 amide bonds. The smallest absolute Gasteiger partial charge is 0.276 e. The van der Waals surface area contributed by atoms with E-state index in [1.54, 1.807) is 22.3 Å². The van der Waals surface area contributed by atoms with Crippen molar-refractivity contribution in [2.75, 3.05) is 19.7 Å². The molecule has 1 fully saturated rings. The van der Waals surface area contributed by atoms with E-state index in [0.29, 0.717) is 30.3 Å². The Hall–Kier alpha value is -2.45. The van der Waals surface area contributed by atoms with Gasteiger partial charge in [0, 0.05) is 31.8 Å². The number of benzene rings is 1. The number of fused-ring (bicyclic) bond motifs is 1. The SMILES string of the molecule is CCN(C[C@@H]1CCCO1)C(=O)c1cc(COc2ccc3sc(C)nc3c2)on1. The summed E-state index contributed by atoms with van der Waals surface area (Å²) in [4.78, 5) is 18.9. The van der Waals surface area contributed by atoms with E-state index in [9.17, 15) is 4.79 Å². The first-order valence-corrected chi connectivity index (χ1v) is 10.3. The molecule has 0 spiro atoms. The maximum atomic E-state index is 12.7. The predicted octanol–water partition coefficient (Wildman–Crippen LogP) is 3.81. The van der Waals surface area contributed by atoms with Crippen LogP contribution in [0.5, 0.6) is 5.75 Å². The zero-order valence-corrected chi connectivity index (χ0v) is 16.8. The summed E-state index contributed by atoms with van der Waals surface area (Å²) in [5.74, 6) is 1.06. The zero-order chi connectivity index (χ0) is 19.5. The van der Waals surface area contributed by atoms with E-state index in [1.165, 1.54) is 0 Å². The third kappa shape index (κ3) is 4.18. The molecular formula is C20H23N3O4S. The fourth-order valence-electron chi connectivity index (χ4n) is 3.30. The van der Waals surface area contributed by atoms with Crippen molar-refractivity contribution in [3.63, 3.8) is 0 Å². The fraction of sp³-hybridized carbons (Fsp3) is 0.450. The van der Waals surface area contributed by atoms with Crippen LogP contribution in [0.4, 0.5) is 0 Å². The first-order chi connectivity index (χ1) is 13.6. The maximum Gasteiger partial charge on any atom is 0.276 e. The van der Waals surface area contributed by atoms with Crippen molar-refractivity contribution >= 4 is 27.5 Å². The molecule has 1 atom stereocenters. The molecule has 0 N–H and O–H groups in total. The number of amides is 1. The van der Waals surface area contributed by atoms with Crippen LogP contribution < -0.4 is 4.74 Å². The van der Waals surface area contributed by atoms with Crippen molar-refractivity contribution in [3.8, 4) is 5.75 Å². The van der Waals surface area contributed by atoms with Crippen LogP contribution in [0.15, 0.2) is 28.8 Å². The second-order valence-electron chi connectivity index (χ2n) is 6.81. The molecule has 1 saturated heterocycles. The molecule has 1 aliphatic rings. The number of hydrogen-bond donors (Lipinski definition) is 0. The molecule has 0 saturated carbocycles. The highest BCUT2D eigenvalue weighted by atomic mass is 32.1. The summed E-state index contributed by atoms with van der Waals surface area (Å²) in [7, 11) is 0. The lowest BCUT2D eigenvalue weighted by atomic mass is 10.2. The van der Waals surface area contributed by atoms with Gasteiger partial charge in [-0.2, -0.15) is 0 Å². The Kier molecular flexibility index (Phi) is 5.59. The highest BCUT2D eigenvalue weighted by Crippen LogP contribution is 2.26. The van der Waals surface area contributed by atoms with Gasteiger partial charge in [0.25, 0.3) is 5.91 Å². The summed E-state index contributed by atoms with van der Waals surface area (Å²) >= 11 is 1.65. The summed E-state index contributed by atoms with van der Waals surface area (Å²) in [6, 6.07) is 7.45. The lowest BCUT2D eigenvalue weighted by molar-refractivity contribution is 0.0531. The molecule has 0 bridgehead atoms. The Morgan fingerprint density at radius 1 is 1.39 bits per heavy atom. The first kappa shape index (κ1) is 18.9. The minimum atomic E-state index is -0.146. The monoisotopic (exact) mass is 401 g/mol. The van der Waals surface area contributed by atoms with E-state index < -0.39 is 0 Å². The number of ether oxygens (including phenoxy) is 2. The zero-order valence-electron chi connectivity index (χ0n) is 16.0. The molecular weight excluding hydrogens is 378 g/mol. The summed E-state index contributed by atoms with van der Waals surface area (Å²) < 4.78 is 17.8. The summed E-state index contributed by atoms with van der Waals surface area (Å²) in [6.07, 6.45) is 2.15. The van der Waals surface area contributed by atoms with Gasteiger partial charge in [0.1, 0.15) is 12.4 Å². The number of carbonyl (C=O) groups is 1. The van der Waals surface area contributed by atoms with E-state index in [0.717, 1.165) is 34.7 Å². The Morgan fingerprint density at radius 3 is 3.07 bits per heavy atom. The number of aryl methyl sites for hydroxylation is 1. The number of likely N-dealkylation sites (N-methyl/N-ethyl adjacent to an activating group) is 1. The van der Waals surface area contributed by atoms with Crippen molar-refractivity contribution in [2.24, 2.45) is 0 Å². The Morgan fingerprint density at radius 2 is 2.29 bits per heavy atom. The van der Waals surface area contributed by atoms with Gasteiger partial charge in [-0.05, 0) is 38.8 Å². The topological polar surface area (TPSA) is 77.7 Å². The van der Waals surface area contributed by atoms with Crippen molar-refractivity contribution in [2.45, 2.75) is 39.4 Å². The standard InChI is InChI=1S/C20H23N3O4S/c1-3-23(11-15-5-4-8-25-15)20(24)18-10-16(27-22-18)12-26-14-6-7-19-17(9-14)21-13(2)28-19/h6-7,9-10,15H,3-5,8,11-12H2,1-2H3/t15-/m0/s1. The van der Waals surface area contributed by atoms with Gasteiger partial charge in [0.05, 0.1) is 21.3 Å². The van der Waals surface area contributed by atoms with Crippen LogP contribution >= 0.6 is 11.3 Å². The van der Waals surface area contributed by atoms with Crippen LogP contribution in [0.3, 0.4) is 0 Å². The van der Waals surface area contributed by atoms with Crippen molar-refractivity contribution < 1.29 is 18.8 Å². The molecule has 1 aromatic carbocycles. The van der Waals surface area contributed by atoms with Gasteiger partial charge in [-0.25, -0.2) is 4.98 Å². The quantitative estimate of drug-likeness (QED) is 0.599. The average Bonchev–Trinajstić information content (AvgIpc) is 3.43. The molecule has 0 unspecified atom stereocenters. The summed E-state index contributed by atoms with van der Waals surface area (Å²) in [5, 5.41) is 4.95. The third-order valence-corrected chi connectivity index (χ3v) is 5.69. The van der Waals surface area contributed by atoms with Crippen LogP contribution in [0.1, 0.15) is 41.0 Å². The lowest BCUT2D eigenvalue weighted by Crippen LogP contribution is -2.37. The Labute approximate surface area is 167 Å². The van der Waals surface area contributed by atoms with Gasteiger partial charge in [0.2, 0.25) is 0 Å². The minimum Gasteiger partial charge on any atom is -0.485 e. The van der Waals surface area contributed by atoms with Crippen molar-refractivity contribution in [3.05, 3.63) is 40.7 Å². The van der Waals surface area contributed by atoms with E-state index in [-0.39, 0.29) is 18.6 Å². The fourth-order valence-corrected chi connectivity index (χ4v) is 4.11. The van der Waals surface area contributed by atoms with Crippen LogP contribution in [-0.2, 0) is 11.3 Å². The number of rotatable bonds is 7. The number of thiazole rings is 1. The van der Waals surface area contributed by atoms with E-state index >= 15 is 0 Å². The van der Waals surface area contributed by atoms with Gasteiger partial charge >= 0.3 is 0 Å². The van der Waals surface area contributed by atoms with E-state index in [1.807, 2.05) is 32.0 Å². The van der Waals surface area contributed by atoms with E-state index in [4.69, 9.17) is 14.0 Å². The number of nitrogens with zero attached hydrogens (tertiary/aromatic N) is 3. The molecule has 148 valence electrons. The summed E-state index contributed by atoms with van der Waals surface area (Å²) in [5.41, 5.74) is 1.21. The van der Waals surface area contributed by atoms with E-state index in [2.05, 4.69) is 10.1 Å². The normalized spacial score (nSPS) is 16.6. The van der Waals surface area contributed by atoms with Gasteiger partial charge in [-0.3, -0.25) is 4.79 Å². The van der Waals surface area contributed by atoms with Crippen molar-refractivity contribution in [1.29, 1.82) is 0 Å². The number of aromatic nitrogens is 2. The molecule has 2 aromatic heterocycles. The Balaban J connectivity index is 1.37. The third-order valence-electron chi connectivity index (χ3n) is 4.74. The van der Waals surface area contributed by atoms with Gasteiger partial charge < -0.3 is 18.9 Å². The Bertz CT molecular complexity index is 961. The number of hydrogen-bond acceptors (Lipinski definition) is 7. The van der Waals surface area contributed by atoms with Gasteiger partial charge in [-0.15, -0.1) is 11.3 Å². The van der Waals surface area contributed by atoms with Crippen LogP contribution in [0, 0.1) is 6.92 Å². The molecule has 7 nitrogen and oxygen atoms in total. The predicted molar refractivity (Wildman–Crippen MR) is 106 cm³/mol. The average molecular weight is 401 g/mol.